The fourth-order valence-electron chi connectivity index (χ4n) is 7.82. The van der Waals surface area contributed by atoms with Gasteiger partial charge in [0.25, 0.3) is 11.9 Å². The Morgan fingerprint density at radius 3 is 2.54 bits per heavy atom. The maximum Gasteiger partial charge on any atom is 0.408 e. The zero-order chi connectivity index (χ0) is 43.0. The quantitative estimate of drug-likeness (QED) is 0.252. The van der Waals surface area contributed by atoms with E-state index in [1.54, 1.807) is 20.8 Å². The Balaban J connectivity index is 1.35. The summed E-state index contributed by atoms with van der Waals surface area (Å²) in [7, 11) is -1.60. The highest BCUT2D eigenvalue weighted by atomic mass is 32.2. The van der Waals surface area contributed by atoms with Gasteiger partial charge in [0, 0.05) is 33.0 Å². The summed E-state index contributed by atoms with van der Waals surface area (Å²) in [4.78, 5) is 67.0. The number of hydrogen-bond acceptors (Lipinski definition) is 11. The van der Waals surface area contributed by atoms with Crippen LogP contribution < -0.4 is 20.1 Å². The Labute approximate surface area is 345 Å². The van der Waals surface area contributed by atoms with Crippen molar-refractivity contribution in [3.05, 3.63) is 41.8 Å². The fourth-order valence-corrected chi connectivity index (χ4v) is 8.42. The molecule has 2 fully saturated rings. The molecular weight excluding hydrogens is 781 g/mol. The van der Waals surface area contributed by atoms with E-state index in [0.717, 1.165) is 34.1 Å². The lowest BCUT2D eigenvalue weighted by Gasteiger charge is -2.30. The summed E-state index contributed by atoms with van der Waals surface area (Å²) in [6.45, 7) is 13.6. The van der Waals surface area contributed by atoms with Crippen LogP contribution in [0.25, 0.3) is 22.5 Å². The van der Waals surface area contributed by atoms with Crippen molar-refractivity contribution < 1.29 is 41.5 Å². The molecule has 59 heavy (non-hydrogen) atoms. The Morgan fingerprint density at radius 1 is 1.14 bits per heavy atom. The number of rotatable bonds is 9. The van der Waals surface area contributed by atoms with Crippen molar-refractivity contribution >= 4 is 45.1 Å². The number of ether oxygens (including phenoxy) is 2. The van der Waals surface area contributed by atoms with Crippen LogP contribution in [0.3, 0.4) is 0 Å². The molecule has 1 unspecified atom stereocenters. The Bertz CT molecular complexity index is 2220. The number of benzene rings is 1. The van der Waals surface area contributed by atoms with Crippen molar-refractivity contribution in [3.63, 3.8) is 0 Å². The molecule has 5 atom stereocenters. The molecule has 1 saturated carbocycles. The van der Waals surface area contributed by atoms with Gasteiger partial charge in [0.05, 0.1) is 23.3 Å². The first-order chi connectivity index (χ1) is 27.7. The van der Waals surface area contributed by atoms with Gasteiger partial charge in [-0.1, -0.05) is 44.9 Å². The standard InChI is InChI=1S/C41H58N8O9S/c1-10-48-30-20-16-18-28(35-43-32(24(2)3)25(4)56-35)33(30)44-38(48)57-27-21-31-34(50)45-41(37(52)46-59(54,55)47(8)9)22-26(41)17-14-12-11-13-15-19-29(36(51)49(31)23-27)42-39(53)58-40(5,6)7/h14,16-18,20,24,26-27,29,31H,10-13,15,19,21-23H2,1-9H3,(H,42,53)(H,45,50)(H,46,52)/b17-14-/t26?,27-,29+,31+,41-/m1/s1. The van der Waals surface area contributed by atoms with E-state index in [4.69, 9.17) is 23.9 Å². The molecule has 0 spiro atoms. The molecular formula is C41H58N8O9S. The van der Waals surface area contributed by atoms with Crippen molar-refractivity contribution in [1.82, 2.24) is 39.1 Å². The highest BCUT2D eigenvalue weighted by Gasteiger charge is 2.62. The molecule has 322 valence electrons. The lowest BCUT2D eigenvalue weighted by molar-refractivity contribution is -0.141. The average Bonchev–Trinajstić information content (AvgIpc) is 3.41. The largest absolute Gasteiger partial charge is 0.459 e. The number of nitrogens with zero attached hydrogens (tertiary/aromatic N) is 5. The number of carbonyl (C=O) groups is 4. The highest BCUT2D eigenvalue weighted by molar-refractivity contribution is 7.87. The third-order valence-corrected chi connectivity index (χ3v) is 12.4. The van der Waals surface area contributed by atoms with Crippen LogP contribution in [-0.4, -0.2) is 106 Å². The number of amides is 4. The second kappa shape index (κ2) is 17.0. The van der Waals surface area contributed by atoms with Gasteiger partial charge in [0.15, 0.2) is 0 Å². The molecule has 1 saturated heterocycles. The number of oxazole rings is 1. The first kappa shape index (κ1) is 43.6. The van der Waals surface area contributed by atoms with Gasteiger partial charge in [-0.2, -0.15) is 17.7 Å². The predicted octanol–water partition coefficient (Wildman–Crippen LogP) is 4.70. The first-order valence-corrected chi connectivity index (χ1v) is 21.9. The highest BCUT2D eigenvalue weighted by Crippen LogP contribution is 2.46. The van der Waals surface area contributed by atoms with Gasteiger partial charge in [0.1, 0.15) is 40.6 Å². The second-order valence-corrected chi connectivity index (χ2v) is 19.0. The number of imidazole rings is 1. The molecule has 6 rings (SSSR count). The van der Waals surface area contributed by atoms with Crippen LogP contribution in [0, 0.1) is 12.8 Å². The van der Waals surface area contributed by atoms with Crippen LogP contribution in [0.15, 0.2) is 34.8 Å². The van der Waals surface area contributed by atoms with Gasteiger partial charge in [0.2, 0.25) is 17.7 Å². The van der Waals surface area contributed by atoms with E-state index in [-0.39, 0.29) is 31.3 Å². The third-order valence-electron chi connectivity index (χ3n) is 11.0. The SMILES string of the molecule is CCn1c(O[C@@H]2C[C@H]3C(=O)N[C@]4(C(=O)NS(=O)(=O)N(C)C)CC4/C=C\CCCCC[C@H](NC(=O)OC(C)(C)C)C(=O)N3C2)nc2c(-c3nc(C(C)C)c(C)o3)cccc21. The van der Waals surface area contributed by atoms with Crippen molar-refractivity contribution in [2.24, 2.45) is 5.92 Å². The van der Waals surface area contributed by atoms with E-state index in [0.29, 0.717) is 42.8 Å². The molecule has 4 amide bonds. The van der Waals surface area contributed by atoms with Crippen molar-refractivity contribution in [2.75, 3.05) is 20.6 Å². The number of para-hydroxylation sites is 1. The topological polar surface area (TPSA) is 207 Å². The maximum atomic E-state index is 14.6. The predicted molar refractivity (Wildman–Crippen MR) is 219 cm³/mol. The van der Waals surface area contributed by atoms with Gasteiger partial charge in [-0.3, -0.25) is 19.0 Å². The lowest BCUT2D eigenvalue weighted by Crippen LogP contribution is -2.58. The van der Waals surface area contributed by atoms with Gasteiger partial charge >= 0.3 is 16.3 Å². The van der Waals surface area contributed by atoms with E-state index in [1.807, 2.05) is 62.6 Å². The van der Waals surface area contributed by atoms with Gasteiger partial charge in [-0.25, -0.2) is 14.5 Å². The summed E-state index contributed by atoms with van der Waals surface area (Å²) in [5.41, 5.74) is 0.534. The van der Waals surface area contributed by atoms with Gasteiger partial charge in [-0.05, 0) is 78.4 Å². The molecule has 18 heteroatoms. The van der Waals surface area contributed by atoms with E-state index in [9.17, 15) is 27.6 Å². The Hall–Kier alpha value is -4.97. The van der Waals surface area contributed by atoms with Gasteiger partial charge in [-0.15, -0.1) is 0 Å². The van der Waals surface area contributed by atoms with Crippen LogP contribution in [-0.2, 0) is 35.9 Å². The summed E-state index contributed by atoms with van der Waals surface area (Å²) in [5.74, 6) is -1.20. The summed E-state index contributed by atoms with van der Waals surface area (Å²) < 4.78 is 48.6. The van der Waals surface area contributed by atoms with Crippen LogP contribution in [0.5, 0.6) is 6.01 Å². The number of nitrogens with one attached hydrogen (secondary N) is 3. The Kier molecular flexibility index (Phi) is 12.5. The average molecular weight is 839 g/mol. The Morgan fingerprint density at radius 2 is 1.88 bits per heavy atom. The summed E-state index contributed by atoms with van der Waals surface area (Å²) >= 11 is 0. The molecule has 2 aromatic heterocycles. The number of aromatic nitrogens is 3. The lowest BCUT2D eigenvalue weighted by atomic mass is 10.0. The smallest absolute Gasteiger partial charge is 0.408 e. The summed E-state index contributed by atoms with van der Waals surface area (Å²) in [6.07, 6.45) is 5.52. The number of allylic oxidation sites excluding steroid dienone is 1. The molecule has 4 heterocycles. The van der Waals surface area contributed by atoms with E-state index >= 15 is 0 Å². The maximum absolute atomic E-state index is 14.6. The molecule has 1 aliphatic carbocycles. The molecule has 2 aliphatic heterocycles. The second-order valence-electron chi connectivity index (χ2n) is 17.2. The molecule has 0 radical (unpaired) electrons. The number of fused-ring (bicyclic) bond motifs is 3. The number of carbonyl (C=O) groups excluding carboxylic acids is 4. The van der Waals surface area contributed by atoms with Gasteiger partial charge < -0.3 is 29.4 Å². The number of hydrogen-bond donors (Lipinski definition) is 3. The van der Waals surface area contributed by atoms with Crippen LogP contribution in [0.1, 0.15) is 104 Å². The third kappa shape index (κ3) is 9.43. The van der Waals surface area contributed by atoms with E-state index < -0.39 is 69.3 Å². The zero-order valence-electron chi connectivity index (χ0n) is 35.5. The molecule has 0 bridgehead atoms. The minimum absolute atomic E-state index is 0.0153. The van der Waals surface area contributed by atoms with E-state index in [2.05, 4.69) is 15.4 Å². The molecule has 3 N–H and O–H groups in total. The normalized spacial score (nSPS) is 24.8. The monoisotopic (exact) mass is 838 g/mol. The fraction of sp³-hybridized carbons (Fsp3) is 0.610. The molecule has 1 aromatic carbocycles. The van der Waals surface area contributed by atoms with Crippen molar-refractivity contribution in [3.8, 4) is 17.5 Å². The van der Waals surface area contributed by atoms with Crippen molar-refractivity contribution in [2.45, 2.75) is 135 Å². The number of alkyl carbamates (subject to hydrolysis) is 1. The van der Waals surface area contributed by atoms with Crippen molar-refractivity contribution in [1.29, 1.82) is 0 Å². The minimum Gasteiger partial charge on any atom is -0.459 e. The van der Waals surface area contributed by atoms with Crippen LogP contribution in [0.4, 0.5) is 4.79 Å². The molecule has 17 nitrogen and oxygen atoms in total. The zero-order valence-corrected chi connectivity index (χ0v) is 36.3. The molecule has 3 aromatic rings. The number of aryl methyl sites for hydroxylation is 2. The summed E-state index contributed by atoms with van der Waals surface area (Å²) in [6, 6.07) is 3.79. The minimum atomic E-state index is -4.18. The summed E-state index contributed by atoms with van der Waals surface area (Å²) in [5, 5.41) is 5.61. The van der Waals surface area contributed by atoms with E-state index in [1.165, 1.54) is 19.0 Å². The molecule has 3 aliphatic rings. The first-order valence-electron chi connectivity index (χ1n) is 20.4. The van der Waals surface area contributed by atoms with Crippen LogP contribution in [0.2, 0.25) is 0 Å². The van der Waals surface area contributed by atoms with Crippen LogP contribution >= 0.6 is 0 Å².